The Morgan fingerprint density at radius 3 is 2.55 bits per heavy atom. The summed E-state index contributed by atoms with van der Waals surface area (Å²) in [5, 5.41) is 2.88. The number of nitrogens with one attached hydrogen (secondary N) is 2. The number of carbonyl (C=O) groups is 2. The molecule has 0 bridgehead atoms. The average molecular weight is 412 g/mol. The third-order valence-corrected chi connectivity index (χ3v) is 5.99. The van der Waals surface area contributed by atoms with Gasteiger partial charge >= 0.3 is 0 Å². The van der Waals surface area contributed by atoms with Gasteiger partial charge in [-0.2, -0.15) is 0 Å². The number of H-pyrrole nitrogens is 1. The number of aromatic amines is 1. The lowest BCUT2D eigenvalue weighted by molar-refractivity contribution is -0.110. The maximum Gasteiger partial charge on any atom is 0.256 e. The predicted molar refractivity (Wildman–Crippen MR) is 123 cm³/mol. The van der Waals surface area contributed by atoms with Crippen molar-refractivity contribution in [3.05, 3.63) is 83.2 Å². The van der Waals surface area contributed by atoms with Crippen molar-refractivity contribution in [2.45, 2.75) is 6.92 Å². The van der Waals surface area contributed by atoms with Crippen LogP contribution in [0.15, 0.2) is 60.8 Å². The Morgan fingerprint density at radius 2 is 1.81 bits per heavy atom. The molecule has 0 atom stereocenters. The first-order valence-corrected chi connectivity index (χ1v) is 10.5. The van der Waals surface area contributed by atoms with E-state index in [0.29, 0.717) is 24.2 Å². The zero-order chi connectivity index (χ0) is 21.4. The van der Waals surface area contributed by atoms with Gasteiger partial charge in [-0.05, 0) is 55.0 Å². The van der Waals surface area contributed by atoms with Crippen LogP contribution < -0.4 is 10.2 Å². The molecule has 2 aliphatic rings. The smallest absolute Gasteiger partial charge is 0.256 e. The van der Waals surface area contributed by atoms with Crippen LogP contribution in [0.2, 0.25) is 0 Å². The first-order valence-electron chi connectivity index (χ1n) is 10.5. The maximum absolute atomic E-state index is 13.2. The van der Waals surface area contributed by atoms with Gasteiger partial charge in [0, 0.05) is 60.6 Å². The molecular weight excluding hydrogens is 388 g/mol. The maximum atomic E-state index is 13.2. The van der Waals surface area contributed by atoms with Crippen molar-refractivity contribution < 1.29 is 9.59 Å². The molecule has 1 fully saturated rings. The Labute approximate surface area is 181 Å². The number of piperazine rings is 1. The zero-order valence-corrected chi connectivity index (χ0v) is 17.4. The fourth-order valence-corrected chi connectivity index (χ4v) is 4.31. The second-order valence-electron chi connectivity index (χ2n) is 7.96. The highest BCUT2D eigenvalue weighted by Crippen LogP contribution is 2.34. The van der Waals surface area contributed by atoms with Gasteiger partial charge in [0.25, 0.3) is 11.8 Å². The number of hydrogen-bond donors (Lipinski definition) is 2. The molecule has 6 nitrogen and oxygen atoms in total. The van der Waals surface area contributed by atoms with Crippen molar-refractivity contribution in [2.75, 3.05) is 36.4 Å². The first kappa shape index (κ1) is 19.2. The van der Waals surface area contributed by atoms with E-state index in [9.17, 15) is 9.59 Å². The number of aromatic nitrogens is 1. The molecule has 2 N–H and O–H groups in total. The summed E-state index contributed by atoms with van der Waals surface area (Å²) in [5.74, 6) is -0.146. The molecule has 3 heterocycles. The summed E-state index contributed by atoms with van der Waals surface area (Å²) in [4.78, 5) is 33.0. The number of carbonyl (C=O) groups excluding carboxylic acids is 2. The van der Waals surface area contributed by atoms with Crippen LogP contribution in [0.1, 0.15) is 27.2 Å². The van der Waals surface area contributed by atoms with Gasteiger partial charge < -0.3 is 20.1 Å². The number of fused-ring (bicyclic) bond motifs is 1. The Balaban J connectivity index is 1.34. The number of rotatable bonds is 3. The molecule has 0 radical (unpaired) electrons. The van der Waals surface area contributed by atoms with E-state index in [1.807, 2.05) is 47.5 Å². The molecule has 0 saturated carbocycles. The predicted octanol–water partition coefficient (Wildman–Crippen LogP) is 3.78. The van der Waals surface area contributed by atoms with Gasteiger partial charge in [-0.15, -0.1) is 0 Å². The van der Waals surface area contributed by atoms with Crippen LogP contribution in [-0.2, 0) is 4.79 Å². The minimum absolute atomic E-state index is 0.00538. The molecule has 3 aromatic rings. The summed E-state index contributed by atoms with van der Waals surface area (Å²) in [6.07, 6.45) is 3.63. The summed E-state index contributed by atoms with van der Waals surface area (Å²) in [6, 6.07) is 17.6. The number of hydrogen-bond acceptors (Lipinski definition) is 3. The topological polar surface area (TPSA) is 68.4 Å². The largest absolute Gasteiger partial charge is 0.368 e. The van der Waals surface area contributed by atoms with E-state index >= 15 is 0 Å². The lowest BCUT2D eigenvalue weighted by atomic mass is 10.0. The zero-order valence-electron chi connectivity index (χ0n) is 17.4. The molecule has 0 aliphatic carbocycles. The molecule has 1 aromatic heterocycles. The third-order valence-electron chi connectivity index (χ3n) is 5.99. The summed E-state index contributed by atoms with van der Waals surface area (Å²) in [5.41, 5.74) is 6.01. The lowest BCUT2D eigenvalue weighted by Crippen LogP contribution is -2.49. The Kier molecular flexibility index (Phi) is 4.82. The van der Waals surface area contributed by atoms with E-state index in [0.717, 1.165) is 30.0 Å². The molecule has 31 heavy (non-hydrogen) atoms. The molecule has 6 heteroatoms. The molecular formula is C25H24N4O2. The number of para-hydroxylation sites is 1. The van der Waals surface area contributed by atoms with Crippen LogP contribution in [0.5, 0.6) is 0 Å². The fraction of sp³-hybridized carbons (Fsp3) is 0.200. The Hall–Kier alpha value is -3.80. The van der Waals surface area contributed by atoms with Crippen LogP contribution >= 0.6 is 0 Å². The van der Waals surface area contributed by atoms with E-state index in [2.05, 4.69) is 40.3 Å². The second kappa shape index (κ2) is 7.80. The van der Waals surface area contributed by atoms with Crippen LogP contribution in [0.25, 0.3) is 11.6 Å². The van der Waals surface area contributed by atoms with Gasteiger partial charge in [0.2, 0.25) is 0 Å². The van der Waals surface area contributed by atoms with Crippen molar-refractivity contribution in [3.63, 3.8) is 0 Å². The van der Waals surface area contributed by atoms with Crippen molar-refractivity contribution in [1.29, 1.82) is 0 Å². The molecule has 5 rings (SSSR count). The molecule has 1 saturated heterocycles. The summed E-state index contributed by atoms with van der Waals surface area (Å²) >= 11 is 0. The average Bonchev–Trinajstić information content (AvgIpc) is 3.41. The number of aryl methyl sites for hydroxylation is 1. The second-order valence-corrected chi connectivity index (χ2v) is 7.96. The monoisotopic (exact) mass is 412 g/mol. The normalized spacial score (nSPS) is 17.1. The Morgan fingerprint density at radius 1 is 1.00 bits per heavy atom. The van der Waals surface area contributed by atoms with Gasteiger partial charge in [0.1, 0.15) is 0 Å². The first-order chi connectivity index (χ1) is 15.1. The SMILES string of the molecule is Cc1ccccc1N1CCN(C(=O)c2ccc3c(c2)/C(=C/c2ccc[nH]2)C(=O)N3)CC1. The fourth-order valence-electron chi connectivity index (χ4n) is 4.31. The van der Waals surface area contributed by atoms with E-state index in [-0.39, 0.29) is 11.8 Å². The lowest BCUT2D eigenvalue weighted by Gasteiger charge is -2.36. The van der Waals surface area contributed by atoms with E-state index in [1.165, 1.54) is 11.3 Å². The number of nitrogens with zero attached hydrogens (tertiary/aromatic N) is 2. The highest BCUT2D eigenvalue weighted by Gasteiger charge is 2.28. The minimum atomic E-state index is -0.152. The summed E-state index contributed by atoms with van der Waals surface area (Å²) < 4.78 is 0. The van der Waals surface area contributed by atoms with Crippen LogP contribution in [0, 0.1) is 6.92 Å². The van der Waals surface area contributed by atoms with Gasteiger partial charge in [0.05, 0.1) is 5.57 Å². The van der Waals surface area contributed by atoms with Crippen molar-refractivity contribution in [1.82, 2.24) is 9.88 Å². The van der Waals surface area contributed by atoms with Gasteiger partial charge in [0.15, 0.2) is 0 Å². The van der Waals surface area contributed by atoms with E-state index in [1.54, 1.807) is 6.07 Å². The standard InChI is InChI=1S/C25H24N4O2/c1-17-5-2-3-7-23(17)28-11-13-29(14-12-28)25(31)18-8-9-22-20(15-18)21(24(30)27-22)16-19-6-4-10-26-19/h2-10,15-16,26H,11-14H2,1H3,(H,27,30)/b21-16-. The quantitative estimate of drug-likeness (QED) is 0.644. The van der Waals surface area contributed by atoms with Crippen molar-refractivity contribution in [2.24, 2.45) is 0 Å². The molecule has 2 aliphatic heterocycles. The van der Waals surface area contributed by atoms with Gasteiger partial charge in [-0.25, -0.2) is 0 Å². The van der Waals surface area contributed by atoms with Crippen molar-refractivity contribution in [3.8, 4) is 0 Å². The summed E-state index contributed by atoms with van der Waals surface area (Å²) in [6.45, 7) is 5.07. The van der Waals surface area contributed by atoms with E-state index < -0.39 is 0 Å². The molecule has 156 valence electrons. The van der Waals surface area contributed by atoms with Crippen LogP contribution in [0.4, 0.5) is 11.4 Å². The van der Waals surface area contributed by atoms with E-state index in [4.69, 9.17) is 0 Å². The number of anilines is 2. The number of amides is 2. The van der Waals surface area contributed by atoms with Gasteiger partial charge in [-0.1, -0.05) is 18.2 Å². The molecule has 2 aromatic carbocycles. The van der Waals surface area contributed by atoms with Gasteiger partial charge in [-0.3, -0.25) is 9.59 Å². The molecule has 0 unspecified atom stereocenters. The minimum Gasteiger partial charge on any atom is -0.368 e. The number of benzene rings is 2. The van der Waals surface area contributed by atoms with Crippen LogP contribution in [0.3, 0.4) is 0 Å². The Bertz CT molecular complexity index is 1170. The van der Waals surface area contributed by atoms with Crippen molar-refractivity contribution >= 4 is 34.8 Å². The highest BCUT2D eigenvalue weighted by atomic mass is 16.2. The van der Waals surface area contributed by atoms with Crippen LogP contribution in [-0.4, -0.2) is 47.9 Å². The molecule has 2 amide bonds. The third kappa shape index (κ3) is 3.61. The summed E-state index contributed by atoms with van der Waals surface area (Å²) in [7, 11) is 0. The molecule has 0 spiro atoms. The highest BCUT2D eigenvalue weighted by molar-refractivity contribution is 6.35.